The molecule has 2 heteroatoms. The summed E-state index contributed by atoms with van der Waals surface area (Å²) in [6, 6.07) is 73.9. The summed E-state index contributed by atoms with van der Waals surface area (Å²) < 4.78 is 2.65. The van der Waals surface area contributed by atoms with Crippen LogP contribution in [0.15, 0.2) is 200 Å². The van der Waals surface area contributed by atoms with Crippen LogP contribution >= 0.6 is 11.3 Å². The third-order valence-electron chi connectivity index (χ3n) is 12.1. The van der Waals surface area contributed by atoms with Gasteiger partial charge >= 0.3 is 0 Å². The van der Waals surface area contributed by atoms with Crippen molar-refractivity contribution < 1.29 is 0 Å². The number of hydrogen-bond acceptors (Lipinski definition) is 2. The molecule has 0 fully saturated rings. The van der Waals surface area contributed by atoms with E-state index in [0.717, 1.165) is 17.1 Å². The fraction of sp³-hybridized carbons (Fsp3) is 0.0545. The van der Waals surface area contributed by atoms with Crippen molar-refractivity contribution in [3.63, 3.8) is 0 Å². The highest BCUT2D eigenvalue weighted by Crippen LogP contribution is 2.50. The molecule has 10 aromatic rings. The number of anilines is 3. The molecule has 1 heterocycles. The van der Waals surface area contributed by atoms with Crippen molar-refractivity contribution >= 4 is 59.3 Å². The van der Waals surface area contributed by atoms with E-state index < -0.39 is 0 Å². The van der Waals surface area contributed by atoms with Crippen molar-refractivity contribution in [1.82, 2.24) is 0 Å². The van der Waals surface area contributed by atoms with E-state index in [2.05, 4.69) is 219 Å². The Morgan fingerprint density at radius 1 is 0.351 bits per heavy atom. The number of fused-ring (bicyclic) bond motifs is 7. The van der Waals surface area contributed by atoms with Crippen LogP contribution in [0.5, 0.6) is 0 Å². The van der Waals surface area contributed by atoms with Gasteiger partial charge in [-0.2, -0.15) is 0 Å². The van der Waals surface area contributed by atoms with Crippen LogP contribution in [0.1, 0.15) is 25.0 Å². The van der Waals surface area contributed by atoms with E-state index in [1.54, 1.807) is 0 Å². The minimum absolute atomic E-state index is 0.0381. The molecule has 0 radical (unpaired) electrons. The predicted octanol–water partition coefficient (Wildman–Crippen LogP) is 16.0. The zero-order chi connectivity index (χ0) is 38.1. The van der Waals surface area contributed by atoms with E-state index in [0.29, 0.717) is 0 Å². The van der Waals surface area contributed by atoms with Gasteiger partial charge in [0.15, 0.2) is 0 Å². The Labute approximate surface area is 337 Å². The van der Waals surface area contributed by atoms with Crippen molar-refractivity contribution in [3.05, 3.63) is 211 Å². The minimum atomic E-state index is -0.0381. The Morgan fingerprint density at radius 2 is 0.930 bits per heavy atom. The lowest BCUT2D eigenvalue weighted by Gasteiger charge is -2.27. The van der Waals surface area contributed by atoms with Crippen molar-refractivity contribution in [2.45, 2.75) is 19.3 Å². The van der Waals surface area contributed by atoms with Crippen LogP contribution in [0.3, 0.4) is 0 Å². The van der Waals surface area contributed by atoms with Gasteiger partial charge in [0, 0.05) is 42.6 Å². The van der Waals surface area contributed by atoms with Crippen LogP contribution in [-0.2, 0) is 5.41 Å². The fourth-order valence-electron chi connectivity index (χ4n) is 9.13. The second-order valence-corrected chi connectivity index (χ2v) is 16.8. The van der Waals surface area contributed by atoms with E-state index in [4.69, 9.17) is 0 Å². The second-order valence-electron chi connectivity index (χ2n) is 15.7. The summed E-state index contributed by atoms with van der Waals surface area (Å²) in [6.45, 7) is 4.70. The van der Waals surface area contributed by atoms with Crippen molar-refractivity contribution in [2.24, 2.45) is 0 Å². The number of nitrogens with zero attached hydrogens (tertiary/aromatic N) is 1. The van der Waals surface area contributed by atoms with Gasteiger partial charge in [0.25, 0.3) is 0 Å². The van der Waals surface area contributed by atoms with Gasteiger partial charge in [-0.3, -0.25) is 0 Å². The summed E-state index contributed by atoms with van der Waals surface area (Å²) in [4.78, 5) is 2.39. The molecule has 0 N–H and O–H groups in total. The highest BCUT2D eigenvalue weighted by molar-refractivity contribution is 7.25. The maximum atomic E-state index is 2.41. The molecule has 1 nitrogen and oxygen atoms in total. The van der Waals surface area contributed by atoms with Gasteiger partial charge in [-0.15, -0.1) is 11.3 Å². The van der Waals surface area contributed by atoms with Crippen LogP contribution in [0.4, 0.5) is 17.1 Å². The molecule has 270 valence electrons. The molecular formula is C55H39NS. The lowest BCUT2D eigenvalue weighted by atomic mass is 9.81. The van der Waals surface area contributed by atoms with Crippen molar-refractivity contribution in [1.29, 1.82) is 0 Å². The lowest BCUT2D eigenvalue weighted by molar-refractivity contribution is 0.660. The first-order valence-electron chi connectivity index (χ1n) is 19.7. The molecule has 57 heavy (non-hydrogen) atoms. The smallest absolute Gasteiger partial charge is 0.0467 e. The van der Waals surface area contributed by atoms with Crippen LogP contribution in [0.2, 0.25) is 0 Å². The van der Waals surface area contributed by atoms with E-state index in [-0.39, 0.29) is 5.41 Å². The molecule has 0 aliphatic heterocycles. The summed E-state index contributed by atoms with van der Waals surface area (Å²) in [5.74, 6) is 0. The quantitative estimate of drug-likeness (QED) is 0.164. The van der Waals surface area contributed by atoms with Gasteiger partial charge in [0.05, 0.1) is 0 Å². The molecule has 0 atom stereocenters. The van der Waals surface area contributed by atoms with Gasteiger partial charge in [0.1, 0.15) is 0 Å². The van der Waals surface area contributed by atoms with Crippen molar-refractivity contribution in [3.8, 4) is 44.5 Å². The number of thiophene rings is 1. The summed E-state index contributed by atoms with van der Waals surface area (Å²) in [5.41, 5.74) is 16.1. The molecule has 0 saturated carbocycles. The van der Waals surface area contributed by atoms with Gasteiger partial charge in [-0.05, 0) is 121 Å². The number of hydrogen-bond donors (Lipinski definition) is 0. The van der Waals surface area contributed by atoms with Crippen LogP contribution < -0.4 is 4.90 Å². The Kier molecular flexibility index (Phi) is 7.77. The Hall–Kier alpha value is -6.74. The first-order chi connectivity index (χ1) is 28.0. The molecular weight excluding hydrogens is 707 g/mol. The third kappa shape index (κ3) is 5.59. The van der Waals surface area contributed by atoms with Gasteiger partial charge in [-0.25, -0.2) is 0 Å². The van der Waals surface area contributed by atoms with E-state index >= 15 is 0 Å². The van der Waals surface area contributed by atoms with Crippen LogP contribution in [-0.4, -0.2) is 0 Å². The highest BCUT2D eigenvalue weighted by atomic mass is 32.1. The monoisotopic (exact) mass is 745 g/mol. The predicted molar refractivity (Wildman–Crippen MR) is 245 cm³/mol. The van der Waals surface area contributed by atoms with E-state index in [9.17, 15) is 0 Å². The molecule has 0 unspecified atom stereocenters. The SMILES string of the molecule is CC1(C)c2ccccc2-c2ccc(-c3ccc(N(c4ccc(-c5ccc6c(c5)sc5ccccc56)cc4)c4cccc(-c5cccc6ccccc56)c4)cc3)cc21. The average Bonchev–Trinajstić information content (AvgIpc) is 3.75. The molecule has 1 aliphatic carbocycles. The maximum absolute atomic E-state index is 2.41. The van der Waals surface area contributed by atoms with Gasteiger partial charge in [0.2, 0.25) is 0 Å². The first-order valence-corrected chi connectivity index (χ1v) is 20.6. The summed E-state index contributed by atoms with van der Waals surface area (Å²) >= 11 is 1.87. The standard InChI is InChI=1S/C55H39NS/c1-55(2)51-19-7-5-16-47(51)48-31-25-39(34-52(48)55)36-21-27-42(28-22-36)56(44-14-9-13-41(33-44)46-18-10-12-38-11-3-4-15-45(38)46)43-29-23-37(24-30-43)40-26-32-50-49-17-6-8-20-53(49)57-54(50)35-40/h3-35H,1-2H3. The number of benzene rings is 9. The zero-order valence-corrected chi connectivity index (χ0v) is 32.7. The minimum Gasteiger partial charge on any atom is -0.310 e. The summed E-state index contributed by atoms with van der Waals surface area (Å²) in [7, 11) is 0. The third-order valence-corrected chi connectivity index (χ3v) is 13.2. The lowest BCUT2D eigenvalue weighted by Crippen LogP contribution is -2.14. The van der Waals surface area contributed by atoms with E-state index in [1.807, 2.05) is 11.3 Å². The van der Waals surface area contributed by atoms with Crippen LogP contribution in [0.25, 0.3) is 75.5 Å². The average molecular weight is 746 g/mol. The molecule has 1 aliphatic rings. The molecule has 0 saturated heterocycles. The fourth-order valence-corrected chi connectivity index (χ4v) is 10.3. The summed E-state index contributed by atoms with van der Waals surface area (Å²) in [5, 5.41) is 5.16. The Balaban J connectivity index is 0.989. The Morgan fingerprint density at radius 3 is 1.74 bits per heavy atom. The largest absolute Gasteiger partial charge is 0.310 e. The van der Waals surface area contributed by atoms with Gasteiger partial charge < -0.3 is 4.90 Å². The normalized spacial score (nSPS) is 12.9. The highest BCUT2D eigenvalue weighted by Gasteiger charge is 2.35. The molecule has 1 aromatic heterocycles. The number of rotatable bonds is 6. The molecule has 0 bridgehead atoms. The molecule has 9 aromatic carbocycles. The first kappa shape index (κ1) is 33.6. The molecule has 0 spiro atoms. The second kappa shape index (κ2) is 13.2. The van der Waals surface area contributed by atoms with E-state index in [1.165, 1.54) is 86.6 Å². The van der Waals surface area contributed by atoms with Crippen LogP contribution in [0, 0.1) is 0 Å². The molecule has 11 rings (SSSR count). The zero-order valence-electron chi connectivity index (χ0n) is 31.9. The van der Waals surface area contributed by atoms with Gasteiger partial charge in [-0.1, -0.05) is 159 Å². The summed E-state index contributed by atoms with van der Waals surface area (Å²) in [6.07, 6.45) is 0. The topological polar surface area (TPSA) is 3.24 Å². The maximum Gasteiger partial charge on any atom is 0.0467 e. The van der Waals surface area contributed by atoms with Crippen molar-refractivity contribution in [2.75, 3.05) is 4.90 Å². The molecule has 0 amide bonds. The Bertz CT molecular complexity index is 3140.